The Kier molecular flexibility index (Phi) is 13.6. The maximum absolute atomic E-state index is 14.2. The van der Waals surface area contributed by atoms with Crippen molar-refractivity contribution in [2.75, 3.05) is 61.8 Å². The molecule has 0 radical (unpaired) electrons. The summed E-state index contributed by atoms with van der Waals surface area (Å²) in [6, 6.07) is 15.0. The van der Waals surface area contributed by atoms with Crippen LogP contribution >= 0.6 is 0 Å². The highest BCUT2D eigenvalue weighted by Crippen LogP contribution is 2.41. The zero-order valence-corrected chi connectivity index (χ0v) is 29.4. The molecule has 0 aromatic heterocycles. The van der Waals surface area contributed by atoms with Gasteiger partial charge in [-0.05, 0) is 72.4 Å². The Morgan fingerprint density at radius 3 is 2.18 bits per heavy atom. The highest BCUT2D eigenvalue weighted by molar-refractivity contribution is 5.89. The van der Waals surface area contributed by atoms with Gasteiger partial charge < -0.3 is 48.5 Å². The number of piperazine rings is 1. The first-order valence-corrected chi connectivity index (χ1v) is 16.3. The van der Waals surface area contributed by atoms with Crippen LogP contribution in [0.25, 0.3) is 0 Å². The number of nitrogens with zero attached hydrogens (tertiary/aromatic N) is 1. The summed E-state index contributed by atoms with van der Waals surface area (Å²) in [5.41, 5.74) is 2.21. The minimum absolute atomic E-state index is 0.209. The summed E-state index contributed by atoms with van der Waals surface area (Å²) in [7, 11) is 7.67. The number of rotatable bonds is 17. The Morgan fingerprint density at radius 2 is 1.56 bits per heavy atom. The predicted octanol–water partition coefficient (Wildman–Crippen LogP) is 4.40. The first kappa shape index (κ1) is 37.6. The Balaban J connectivity index is 1.61. The summed E-state index contributed by atoms with van der Waals surface area (Å²) in [5, 5.41) is 12.3. The Labute approximate surface area is 292 Å². The summed E-state index contributed by atoms with van der Waals surface area (Å²) in [6.45, 7) is 2.40. The molecule has 1 amide bonds. The summed E-state index contributed by atoms with van der Waals surface area (Å²) in [5.74, 6) is 0.254. The van der Waals surface area contributed by atoms with E-state index < -0.39 is 36.6 Å². The van der Waals surface area contributed by atoms with Crippen molar-refractivity contribution < 1.29 is 52.6 Å². The van der Waals surface area contributed by atoms with E-state index in [9.17, 15) is 14.4 Å². The number of carboxylic acid groups (broad SMARTS) is 1. The van der Waals surface area contributed by atoms with Crippen LogP contribution in [-0.2, 0) is 25.5 Å². The first-order chi connectivity index (χ1) is 24.2. The van der Waals surface area contributed by atoms with E-state index in [1.54, 1.807) is 55.5 Å². The maximum Gasteiger partial charge on any atom is 0.341 e. The average Bonchev–Trinajstić information content (AvgIpc) is 3.15. The average molecular weight is 695 g/mol. The second-order valence-electron chi connectivity index (χ2n) is 11.6. The molecule has 13 nitrogen and oxygen atoms in total. The van der Waals surface area contributed by atoms with E-state index in [0.29, 0.717) is 78.0 Å². The number of ether oxygens (including phenoxy) is 7. The molecule has 0 aliphatic carbocycles. The molecule has 270 valence electrons. The molecule has 3 atom stereocenters. The normalized spacial score (nSPS) is 15.3. The highest BCUT2D eigenvalue weighted by atomic mass is 16.5. The van der Waals surface area contributed by atoms with E-state index in [1.807, 2.05) is 25.1 Å². The molecule has 1 heterocycles. The molecule has 3 aromatic carbocycles. The largest absolute Gasteiger partial charge is 0.493 e. The summed E-state index contributed by atoms with van der Waals surface area (Å²) < 4.78 is 39.0. The van der Waals surface area contributed by atoms with Crippen LogP contribution in [0.1, 0.15) is 48.5 Å². The number of aliphatic carboxylic acids is 1. The fraction of sp³-hybridized carbons (Fsp3) is 0.432. The zero-order chi connectivity index (χ0) is 36.2. The van der Waals surface area contributed by atoms with E-state index in [1.165, 1.54) is 21.3 Å². The molecule has 1 saturated heterocycles. The monoisotopic (exact) mass is 694 g/mol. The van der Waals surface area contributed by atoms with Gasteiger partial charge in [-0.1, -0.05) is 25.1 Å². The fourth-order valence-electron chi connectivity index (χ4n) is 6.03. The molecular formula is C37H46N2O11. The summed E-state index contributed by atoms with van der Waals surface area (Å²) >= 11 is 0. The third-order valence-electron chi connectivity index (χ3n) is 8.59. The van der Waals surface area contributed by atoms with Crippen molar-refractivity contribution in [3.8, 4) is 34.5 Å². The van der Waals surface area contributed by atoms with Gasteiger partial charge in [0.05, 0.1) is 41.5 Å². The molecular weight excluding hydrogens is 648 g/mol. The summed E-state index contributed by atoms with van der Waals surface area (Å²) in [4.78, 5) is 41.0. The first-order valence-electron chi connectivity index (χ1n) is 16.3. The number of hydrogen-bond acceptors (Lipinski definition) is 11. The van der Waals surface area contributed by atoms with Crippen molar-refractivity contribution in [2.24, 2.45) is 0 Å². The molecule has 3 unspecified atom stereocenters. The van der Waals surface area contributed by atoms with Gasteiger partial charge in [0.25, 0.3) is 0 Å². The fourth-order valence-corrected chi connectivity index (χ4v) is 6.03. The van der Waals surface area contributed by atoms with Gasteiger partial charge in [-0.15, -0.1) is 0 Å². The van der Waals surface area contributed by atoms with Gasteiger partial charge in [0, 0.05) is 19.6 Å². The molecule has 0 saturated carbocycles. The molecule has 13 heteroatoms. The lowest BCUT2D eigenvalue weighted by atomic mass is 9.93. The molecule has 50 heavy (non-hydrogen) atoms. The second kappa shape index (κ2) is 18.0. The highest BCUT2D eigenvalue weighted by Gasteiger charge is 2.38. The molecule has 2 N–H and O–H groups in total. The van der Waals surface area contributed by atoms with Crippen LogP contribution in [0.15, 0.2) is 54.6 Å². The Morgan fingerprint density at radius 1 is 0.860 bits per heavy atom. The van der Waals surface area contributed by atoms with E-state index in [-0.39, 0.29) is 12.5 Å². The van der Waals surface area contributed by atoms with Gasteiger partial charge >= 0.3 is 11.9 Å². The van der Waals surface area contributed by atoms with Gasteiger partial charge in [-0.25, -0.2) is 9.59 Å². The molecule has 3 aromatic rings. The second-order valence-corrected chi connectivity index (χ2v) is 11.6. The van der Waals surface area contributed by atoms with Gasteiger partial charge in [-0.2, -0.15) is 0 Å². The van der Waals surface area contributed by atoms with E-state index in [0.717, 1.165) is 5.56 Å². The number of carboxylic acids is 1. The molecule has 1 fully saturated rings. The lowest BCUT2D eigenvalue weighted by Crippen LogP contribution is -2.58. The Hall–Kier alpha value is -5.17. The quantitative estimate of drug-likeness (QED) is 0.193. The van der Waals surface area contributed by atoms with Crippen LogP contribution in [0, 0.1) is 0 Å². The van der Waals surface area contributed by atoms with Crippen molar-refractivity contribution in [2.45, 2.75) is 44.2 Å². The van der Waals surface area contributed by atoms with Gasteiger partial charge in [0.2, 0.25) is 11.7 Å². The number of benzene rings is 3. The van der Waals surface area contributed by atoms with Gasteiger partial charge in [0.15, 0.2) is 29.6 Å². The molecule has 1 aliphatic heterocycles. The minimum atomic E-state index is -1.11. The Bertz CT molecular complexity index is 1600. The SMILES string of the molecule is CCC(C(=O)N1CCNCC1C(=O)OC(CCc1ccc(OC)c(OC)c1)c1cccc(OCC(=O)O)c1)c1cc(OC)c(OC)c(OC)c1. The third-order valence-corrected chi connectivity index (χ3v) is 8.59. The number of hydrogen-bond donors (Lipinski definition) is 2. The lowest BCUT2D eigenvalue weighted by molar-refractivity contribution is -0.161. The number of amides is 1. The third kappa shape index (κ3) is 9.08. The number of methoxy groups -OCH3 is 5. The lowest BCUT2D eigenvalue weighted by Gasteiger charge is -2.37. The smallest absolute Gasteiger partial charge is 0.341 e. The molecule has 4 rings (SSSR count). The number of esters is 1. The van der Waals surface area contributed by atoms with Crippen LogP contribution in [0.3, 0.4) is 0 Å². The van der Waals surface area contributed by atoms with Crippen LogP contribution < -0.4 is 33.7 Å². The molecule has 1 aliphatic rings. The standard InChI is InChI=1S/C37H46N2O11/c1-7-27(25-19-32(46-4)35(48-6)33(20-25)47-5)36(42)39-16-15-38-21-28(39)37(43)50-29(24-9-8-10-26(18-24)49-22-34(40)41)13-11-23-12-14-30(44-2)31(17-23)45-3/h8-10,12,14,17-20,27-29,38H,7,11,13,15-16,21-22H2,1-6H3,(H,40,41). The van der Waals surface area contributed by atoms with Gasteiger partial charge in [-0.3, -0.25) is 4.79 Å². The molecule has 0 bridgehead atoms. The maximum atomic E-state index is 14.2. The number of carbonyl (C=O) groups excluding carboxylic acids is 2. The summed E-state index contributed by atoms with van der Waals surface area (Å²) in [6.07, 6.45) is 0.587. The minimum Gasteiger partial charge on any atom is -0.493 e. The number of nitrogens with one attached hydrogen (secondary N) is 1. The van der Waals surface area contributed by atoms with Gasteiger partial charge in [0.1, 0.15) is 17.9 Å². The van der Waals surface area contributed by atoms with E-state index >= 15 is 0 Å². The predicted molar refractivity (Wildman–Crippen MR) is 184 cm³/mol. The molecule has 0 spiro atoms. The van der Waals surface area contributed by atoms with Crippen molar-refractivity contribution in [1.29, 1.82) is 0 Å². The van der Waals surface area contributed by atoms with Crippen molar-refractivity contribution in [1.82, 2.24) is 10.2 Å². The van der Waals surface area contributed by atoms with Crippen LogP contribution in [0.5, 0.6) is 34.5 Å². The zero-order valence-electron chi connectivity index (χ0n) is 29.4. The van der Waals surface area contributed by atoms with Crippen LogP contribution in [-0.4, -0.2) is 95.7 Å². The van der Waals surface area contributed by atoms with Crippen molar-refractivity contribution in [3.05, 3.63) is 71.3 Å². The van der Waals surface area contributed by atoms with E-state index in [2.05, 4.69) is 5.32 Å². The number of aryl methyl sites for hydroxylation is 1. The van der Waals surface area contributed by atoms with Crippen LogP contribution in [0.4, 0.5) is 0 Å². The van der Waals surface area contributed by atoms with Crippen molar-refractivity contribution >= 4 is 17.8 Å². The van der Waals surface area contributed by atoms with E-state index in [4.69, 9.17) is 38.3 Å². The van der Waals surface area contributed by atoms with Crippen molar-refractivity contribution in [3.63, 3.8) is 0 Å². The number of carbonyl (C=O) groups is 3. The van der Waals surface area contributed by atoms with Crippen LogP contribution in [0.2, 0.25) is 0 Å². The topological polar surface area (TPSA) is 151 Å².